The van der Waals surface area contributed by atoms with E-state index in [1.54, 1.807) is 12.1 Å². The van der Waals surface area contributed by atoms with E-state index in [1.165, 1.54) is 13.2 Å². The molecule has 1 N–H and O–H groups in total. The highest BCUT2D eigenvalue weighted by atomic mass is 19.1. The van der Waals surface area contributed by atoms with Crippen molar-refractivity contribution in [3.05, 3.63) is 65.6 Å². The van der Waals surface area contributed by atoms with Gasteiger partial charge < -0.3 is 24.8 Å². The molecule has 1 amide bonds. The maximum Gasteiger partial charge on any atom is 0.229 e. The van der Waals surface area contributed by atoms with Crippen LogP contribution in [0.4, 0.5) is 27.5 Å². The Morgan fingerprint density at radius 3 is 2.61 bits per heavy atom. The Kier molecular flexibility index (Phi) is 6.73. The van der Waals surface area contributed by atoms with E-state index in [0.29, 0.717) is 18.1 Å². The summed E-state index contributed by atoms with van der Waals surface area (Å²) in [4.78, 5) is 28.3. The Morgan fingerprint density at radius 2 is 1.89 bits per heavy atom. The summed E-state index contributed by atoms with van der Waals surface area (Å²) in [7, 11) is 3.52. The van der Waals surface area contributed by atoms with Crippen LogP contribution in [0.2, 0.25) is 0 Å². The number of benzene rings is 2. The molecule has 0 radical (unpaired) electrons. The Hall–Kier alpha value is -3.72. The largest absolute Gasteiger partial charge is 0.494 e. The lowest BCUT2D eigenvalue weighted by atomic mass is 10.1. The van der Waals surface area contributed by atoms with Crippen molar-refractivity contribution in [2.45, 2.75) is 25.8 Å². The van der Waals surface area contributed by atoms with E-state index in [1.807, 2.05) is 23.2 Å². The molecular weight excluding hydrogens is 459 g/mol. The topological polar surface area (TPSA) is 73.8 Å². The van der Waals surface area contributed by atoms with Crippen molar-refractivity contribution >= 4 is 29.0 Å². The summed E-state index contributed by atoms with van der Waals surface area (Å²) >= 11 is 0. The molecule has 0 aliphatic carbocycles. The van der Waals surface area contributed by atoms with Gasteiger partial charge in [-0.1, -0.05) is 12.1 Å². The van der Waals surface area contributed by atoms with Gasteiger partial charge in [0.1, 0.15) is 5.82 Å². The molecule has 1 unspecified atom stereocenters. The number of carbonyl (C=O) groups is 1. The minimum Gasteiger partial charge on any atom is -0.494 e. The molecule has 1 atom stereocenters. The molecule has 1 fully saturated rings. The van der Waals surface area contributed by atoms with Crippen LogP contribution < -0.4 is 15.0 Å². The van der Waals surface area contributed by atoms with Crippen molar-refractivity contribution in [1.82, 2.24) is 19.8 Å². The first-order valence-electron chi connectivity index (χ1n) is 12.2. The number of piperazine rings is 1. The summed E-state index contributed by atoms with van der Waals surface area (Å²) in [5, 5.41) is 3.15. The van der Waals surface area contributed by atoms with Crippen LogP contribution in [0.1, 0.15) is 18.1 Å². The molecular formula is C27H31FN6O2. The second kappa shape index (κ2) is 10.1. The summed E-state index contributed by atoms with van der Waals surface area (Å²) in [6.45, 7) is 5.58. The standard InChI is InChI=1S/C27H31FN6O2/c1-18-14-20-17-29-27(30-21-6-9-23(28)24(16-21)36-3)31-26(20)34(18)22-7-4-19(5-8-22)15-25(35)33-12-10-32(2)11-13-33/h4-9,16-18H,10-15H2,1-3H3,(H,29,30,31). The molecule has 36 heavy (non-hydrogen) atoms. The SMILES string of the molecule is COc1cc(Nc2ncc3c(n2)N(c2ccc(CC(=O)N4CCN(C)CC4)cc2)C(C)C3)ccc1F. The minimum absolute atomic E-state index is 0.155. The number of carbonyl (C=O) groups excluding carboxylic acids is 1. The number of aromatic nitrogens is 2. The zero-order valence-corrected chi connectivity index (χ0v) is 20.9. The average molecular weight is 491 g/mol. The number of anilines is 4. The molecule has 2 aliphatic heterocycles. The Labute approximate surface area is 210 Å². The van der Waals surface area contributed by atoms with Gasteiger partial charge in [0.25, 0.3) is 0 Å². The van der Waals surface area contributed by atoms with Gasteiger partial charge in [0.2, 0.25) is 11.9 Å². The van der Waals surface area contributed by atoms with Crippen molar-refractivity contribution in [2.24, 2.45) is 0 Å². The lowest BCUT2D eigenvalue weighted by molar-refractivity contribution is -0.132. The fourth-order valence-electron chi connectivity index (χ4n) is 4.79. The maximum atomic E-state index is 13.8. The number of amides is 1. The van der Waals surface area contributed by atoms with Crippen molar-refractivity contribution in [3.8, 4) is 5.75 Å². The quantitative estimate of drug-likeness (QED) is 0.564. The predicted octanol–water partition coefficient (Wildman–Crippen LogP) is 3.77. The van der Waals surface area contributed by atoms with Crippen LogP contribution in [0.15, 0.2) is 48.7 Å². The number of ether oxygens (including phenoxy) is 1. The molecule has 9 heteroatoms. The smallest absolute Gasteiger partial charge is 0.229 e. The number of fused-ring (bicyclic) bond motifs is 1. The summed E-state index contributed by atoms with van der Waals surface area (Å²) in [5.74, 6) is 1.18. The van der Waals surface area contributed by atoms with E-state index in [-0.39, 0.29) is 17.7 Å². The molecule has 3 aromatic rings. The van der Waals surface area contributed by atoms with Crippen LogP contribution in [-0.2, 0) is 17.6 Å². The third-order valence-corrected chi connectivity index (χ3v) is 6.86. The Bertz CT molecular complexity index is 1240. The summed E-state index contributed by atoms with van der Waals surface area (Å²) < 4.78 is 18.8. The molecule has 5 rings (SSSR count). The molecule has 0 spiro atoms. The van der Waals surface area contributed by atoms with Gasteiger partial charge in [0.15, 0.2) is 11.6 Å². The molecule has 0 saturated carbocycles. The van der Waals surface area contributed by atoms with Crippen LogP contribution in [0.5, 0.6) is 5.75 Å². The highest BCUT2D eigenvalue weighted by Gasteiger charge is 2.30. The molecule has 2 aromatic carbocycles. The lowest BCUT2D eigenvalue weighted by Gasteiger charge is -2.32. The number of likely N-dealkylation sites (N-methyl/N-ethyl adjacent to an activating group) is 1. The van der Waals surface area contributed by atoms with Gasteiger partial charge in [-0.2, -0.15) is 4.98 Å². The number of nitrogens with one attached hydrogen (secondary N) is 1. The first-order chi connectivity index (χ1) is 17.4. The van der Waals surface area contributed by atoms with Crippen LogP contribution >= 0.6 is 0 Å². The van der Waals surface area contributed by atoms with Crippen LogP contribution in [0, 0.1) is 5.82 Å². The van der Waals surface area contributed by atoms with Gasteiger partial charge in [-0.15, -0.1) is 0 Å². The van der Waals surface area contributed by atoms with Crippen LogP contribution in [-0.4, -0.2) is 72.1 Å². The number of rotatable bonds is 6. The summed E-state index contributed by atoms with van der Waals surface area (Å²) in [5.41, 5.74) is 3.73. The molecule has 188 valence electrons. The summed E-state index contributed by atoms with van der Waals surface area (Å²) in [6.07, 6.45) is 3.09. The molecule has 0 bridgehead atoms. The maximum absolute atomic E-state index is 13.8. The highest BCUT2D eigenvalue weighted by Crippen LogP contribution is 2.37. The Morgan fingerprint density at radius 1 is 1.14 bits per heavy atom. The normalized spacial score (nSPS) is 17.7. The van der Waals surface area contributed by atoms with Gasteiger partial charge in [0, 0.05) is 61.4 Å². The zero-order chi connectivity index (χ0) is 25.2. The van der Waals surface area contributed by atoms with Crippen molar-refractivity contribution in [3.63, 3.8) is 0 Å². The second-order valence-corrected chi connectivity index (χ2v) is 9.47. The summed E-state index contributed by atoms with van der Waals surface area (Å²) in [6, 6.07) is 12.9. The van der Waals surface area contributed by atoms with Crippen molar-refractivity contribution < 1.29 is 13.9 Å². The van der Waals surface area contributed by atoms with Gasteiger partial charge in [-0.3, -0.25) is 4.79 Å². The monoisotopic (exact) mass is 490 g/mol. The minimum atomic E-state index is -0.424. The number of nitrogens with zero attached hydrogens (tertiary/aromatic N) is 5. The van der Waals surface area contributed by atoms with Gasteiger partial charge in [-0.25, -0.2) is 9.37 Å². The third kappa shape index (κ3) is 4.97. The lowest BCUT2D eigenvalue weighted by Crippen LogP contribution is -2.47. The third-order valence-electron chi connectivity index (χ3n) is 6.86. The van der Waals surface area contributed by atoms with E-state index in [0.717, 1.165) is 55.2 Å². The van der Waals surface area contributed by atoms with Gasteiger partial charge >= 0.3 is 0 Å². The number of methoxy groups -OCH3 is 1. The predicted molar refractivity (Wildman–Crippen MR) is 138 cm³/mol. The van der Waals surface area contributed by atoms with E-state index in [4.69, 9.17) is 9.72 Å². The van der Waals surface area contributed by atoms with Crippen molar-refractivity contribution in [1.29, 1.82) is 0 Å². The molecule has 3 heterocycles. The molecule has 1 saturated heterocycles. The molecule has 1 aromatic heterocycles. The highest BCUT2D eigenvalue weighted by molar-refractivity contribution is 5.79. The van der Waals surface area contributed by atoms with Gasteiger partial charge in [-0.05, 0) is 50.2 Å². The van der Waals surface area contributed by atoms with E-state index < -0.39 is 5.82 Å². The van der Waals surface area contributed by atoms with Crippen LogP contribution in [0.3, 0.4) is 0 Å². The van der Waals surface area contributed by atoms with E-state index in [9.17, 15) is 9.18 Å². The number of halogens is 1. The fourth-order valence-corrected chi connectivity index (χ4v) is 4.79. The second-order valence-electron chi connectivity index (χ2n) is 9.47. The Balaban J connectivity index is 1.31. The molecule has 8 nitrogen and oxygen atoms in total. The van der Waals surface area contributed by atoms with E-state index >= 15 is 0 Å². The fraction of sp³-hybridized carbons (Fsp3) is 0.370. The average Bonchev–Trinajstić information content (AvgIpc) is 3.21. The first kappa shape index (κ1) is 24.0. The van der Waals surface area contributed by atoms with Crippen LogP contribution in [0.25, 0.3) is 0 Å². The number of hydrogen-bond acceptors (Lipinski definition) is 7. The first-order valence-corrected chi connectivity index (χ1v) is 12.2. The molecule has 2 aliphatic rings. The van der Waals surface area contributed by atoms with Crippen molar-refractivity contribution in [2.75, 3.05) is 50.6 Å². The van der Waals surface area contributed by atoms with E-state index in [2.05, 4.69) is 46.2 Å². The zero-order valence-electron chi connectivity index (χ0n) is 20.9. The number of hydrogen-bond donors (Lipinski definition) is 1. The van der Waals surface area contributed by atoms with Gasteiger partial charge in [0.05, 0.1) is 13.5 Å².